The first kappa shape index (κ1) is 14.9. The molecule has 1 aromatic carbocycles. The van der Waals surface area contributed by atoms with Crippen molar-refractivity contribution in [3.63, 3.8) is 0 Å². The third-order valence-electron chi connectivity index (χ3n) is 2.06. The van der Waals surface area contributed by atoms with Crippen molar-refractivity contribution in [1.29, 1.82) is 5.41 Å². The lowest BCUT2D eigenvalue weighted by Gasteiger charge is -2.23. The highest BCUT2D eigenvalue weighted by molar-refractivity contribution is 6.42. The topological polar surface area (TPSA) is 91.5 Å². The van der Waals surface area contributed by atoms with E-state index in [0.29, 0.717) is 27.3 Å². The van der Waals surface area contributed by atoms with Crippen molar-refractivity contribution < 1.29 is 0 Å². The number of nitrogens with two attached hydrogens (primary N) is 2. The highest BCUT2D eigenvalue weighted by Crippen LogP contribution is 2.36. The Balaban J connectivity index is 3.26. The predicted octanol–water partition coefficient (Wildman–Crippen LogP) is 2.68. The van der Waals surface area contributed by atoms with Crippen LogP contribution in [-0.2, 0) is 0 Å². The van der Waals surface area contributed by atoms with Crippen LogP contribution in [0.3, 0.4) is 0 Å². The minimum Gasteiger partial charge on any atom is -0.370 e. The summed E-state index contributed by atoms with van der Waals surface area (Å²) in [5.74, 6) is -0.358. The van der Waals surface area contributed by atoms with Crippen LogP contribution in [0.5, 0.6) is 0 Å². The summed E-state index contributed by atoms with van der Waals surface area (Å²) in [6.07, 6.45) is 0. The molecule has 0 spiro atoms. The molecule has 0 fully saturated rings. The van der Waals surface area contributed by atoms with E-state index in [-0.39, 0.29) is 11.9 Å². The fourth-order valence-electron chi connectivity index (χ4n) is 1.39. The highest BCUT2D eigenvalue weighted by Gasteiger charge is 2.17. The number of aliphatic imine (C=N–C) groups is 1. The molecule has 1 rings (SSSR count). The summed E-state index contributed by atoms with van der Waals surface area (Å²) in [7, 11) is 0. The van der Waals surface area contributed by atoms with Crippen molar-refractivity contribution in [2.24, 2.45) is 16.5 Å². The first-order valence-corrected chi connectivity index (χ1v) is 6.10. The van der Waals surface area contributed by atoms with Gasteiger partial charge in [0.2, 0.25) is 5.96 Å². The summed E-state index contributed by atoms with van der Waals surface area (Å²) >= 11 is 18.0. The van der Waals surface area contributed by atoms with E-state index in [1.165, 1.54) is 17.0 Å². The molecule has 1 aromatic rings. The van der Waals surface area contributed by atoms with Crippen LogP contribution in [0.25, 0.3) is 0 Å². The standard InChI is InChI=1S/C10H12Cl3N5/c1-2-18(10(16)17-9(14)15)8-6(12)3-5(11)4-7(8)13/h3-4H,2H2,1H3,(H5,14,15,16,17). The van der Waals surface area contributed by atoms with Gasteiger partial charge in [0.15, 0.2) is 5.96 Å². The minimum atomic E-state index is -0.209. The number of hydrogen-bond donors (Lipinski definition) is 3. The van der Waals surface area contributed by atoms with Gasteiger partial charge in [-0.2, -0.15) is 4.99 Å². The van der Waals surface area contributed by atoms with Gasteiger partial charge < -0.3 is 16.4 Å². The molecule has 0 heterocycles. The Bertz CT molecular complexity index is 473. The smallest absolute Gasteiger partial charge is 0.225 e. The van der Waals surface area contributed by atoms with Crippen LogP contribution in [-0.4, -0.2) is 18.5 Å². The molecule has 5 N–H and O–H groups in total. The maximum absolute atomic E-state index is 7.79. The molecular weight excluding hydrogens is 297 g/mol. The predicted molar refractivity (Wildman–Crippen MR) is 78.0 cm³/mol. The number of benzene rings is 1. The first-order valence-electron chi connectivity index (χ1n) is 4.97. The Morgan fingerprint density at radius 1 is 1.28 bits per heavy atom. The molecule has 0 aliphatic carbocycles. The second-order valence-corrected chi connectivity index (χ2v) is 4.57. The van der Waals surface area contributed by atoms with E-state index in [2.05, 4.69) is 4.99 Å². The Labute approximate surface area is 120 Å². The molecule has 0 amide bonds. The lowest BCUT2D eigenvalue weighted by molar-refractivity contribution is 1.03. The number of anilines is 1. The van der Waals surface area contributed by atoms with Crippen molar-refractivity contribution in [2.75, 3.05) is 11.4 Å². The van der Waals surface area contributed by atoms with Gasteiger partial charge in [0, 0.05) is 11.6 Å². The zero-order valence-electron chi connectivity index (χ0n) is 9.54. The van der Waals surface area contributed by atoms with E-state index < -0.39 is 0 Å². The third kappa shape index (κ3) is 3.41. The molecule has 8 heteroatoms. The maximum atomic E-state index is 7.79. The van der Waals surface area contributed by atoms with Crippen LogP contribution in [0.2, 0.25) is 15.1 Å². The van der Waals surface area contributed by atoms with Gasteiger partial charge in [-0.25, -0.2) is 0 Å². The molecular formula is C10H12Cl3N5. The van der Waals surface area contributed by atoms with E-state index in [4.69, 9.17) is 51.7 Å². The minimum absolute atomic E-state index is 0.149. The van der Waals surface area contributed by atoms with Crippen LogP contribution >= 0.6 is 34.8 Å². The lowest BCUT2D eigenvalue weighted by Crippen LogP contribution is -2.33. The van der Waals surface area contributed by atoms with Crippen LogP contribution < -0.4 is 16.4 Å². The Morgan fingerprint density at radius 3 is 2.17 bits per heavy atom. The molecule has 5 nitrogen and oxygen atoms in total. The summed E-state index contributed by atoms with van der Waals surface area (Å²) in [5.41, 5.74) is 10.9. The number of nitrogens with one attached hydrogen (secondary N) is 1. The molecule has 0 aliphatic heterocycles. The van der Waals surface area contributed by atoms with Gasteiger partial charge in [0.05, 0.1) is 15.7 Å². The summed E-state index contributed by atoms with van der Waals surface area (Å²) in [4.78, 5) is 5.13. The van der Waals surface area contributed by atoms with Crippen LogP contribution in [0.4, 0.5) is 5.69 Å². The zero-order valence-corrected chi connectivity index (χ0v) is 11.8. The van der Waals surface area contributed by atoms with E-state index in [1.807, 2.05) is 6.92 Å². The first-order chi connectivity index (χ1) is 8.36. The summed E-state index contributed by atoms with van der Waals surface area (Å²) in [6.45, 7) is 2.24. The molecule has 0 radical (unpaired) electrons. The van der Waals surface area contributed by atoms with E-state index >= 15 is 0 Å². The molecule has 0 aliphatic rings. The highest BCUT2D eigenvalue weighted by atomic mass is 35.5. The number of guanidine groups is 2. The van der Waals surface area contributed by atoms with E-state index in [9.17, 15) is 0 Å². The largest absolute Gasteiger partial charge is 0.370 e. The quantitative estimate of drug-likeness (QED) is 0.579. The van der Waals surface area contributed by atoms with Gasteiger partial charge in [-0.1, -0.05) is 34.8 Å². The summed E-state index contributed by atoms with van der Waals surface area (Å²) < 4.78 is 0. The fraction of sp³-hybridized carbons (Fsp3) is 0.200. The van der Waals surface area contributed by atoms with Crippen LogP contribution in [0.1, 0.15) is 6.92 Å². The molecule has 0 unspecified atom stereocenters. The number of rotatable bonds is 2. The van der Waals surface area contributed by atoms with Crippen molar-refractivity contribution in [1.82, 2.24) is 0 Å². The number of nitrogens with zero attached hydrogens (tertiary/aromatic N) is 2. The maximum Gasteiger partial charge on any atom is 0.225 e. The van der Waals surface area contributed by atoms with Gasteiger partial charge >= 0.3 is 0 Å². The van der Waals surface area contributed by atoms with Gasteiger partial charge in [0.25, 0.3) is 0 Å². The summed E-state index contributed by atoms with van der Waals surface area (Å²) in [6, 6.07) is 3.07. The van der Waals surface area contributed by atoms with Crippen molar-refractivity contribution in [3.8, 4) is 0 Å². The molecule has 98 valence electrons. The van der Waals surface area contributed by atoms with Gasteiger partial charge in [-0.3, -0.25) is 5.41 Å². The number of halogens is 3. The van der Waals surface area contributed by atoms with Crippen LogP contribution in [0.15, 0.2) is 17.1 Å². The summed E-state index contributed by atoms with van der Waals surface area (Å²) in [5, 5.41) is 8.85. The molecule has 0 aromatic heterocycles. The van der Waals surface area contributed by atoms with E-state index in [1.54, 1.807) is 0 Å². The fourth-order valence-corrected chi connectivity index (χ4v) is 2.41. The molecule has 0 atom stereocenters. The van der Waals surface area contributed by atoms with Crippen LogP contribution in [0, 0.1) is 5.41 Å². The van der Waals surface area contributed by atoms with Gasteiger partial charge in [0.1, 0.15) is 0 Å². The Kier molecular flexibility index (Phi) is 5.07. The monoisotopic (exact) mass is 307 g/mol. The molecule has 0 saturated carbocycles. The van der Waals surface area contributed by atoms with Crippen molar-refractivity contribution >= 4 is 52.4 Å². The average Bonchev–Trinajstić information content (AvgIpc) is 2.21. The van der Waals surface area contributed by atoms with Crippen molar-refractivity contribution in [3.05, 3.63) is 27.2 Å². The third-order valence-corrected chi connectivity index (χ3v) is 2.85. The lowest BCUT2D eigenvalue weighted by atomic mass is 10.3. The normalized spacial score (nSPS) is 10.0. The second-order valence-electron chi connectivity index (χ2n) is 3.32. The SMILES string of the molecule is CCN(C(=N)N=C(N)N)c1c(Cl)cc(Cl)cc1Cl. The Hall–Kier alpha value is -1.17. The Morgan fingerprint density at radius 2 is 1.78 bits per heavy atom. The molecule has 0 saturated heterocycles. The second kappa shape index (κ2) is 6.13. The molecule has 0 bridgehead atoms. The van der Waals surface area contributed by atoms with Crippen molar-refractivity contribution in [2.45, 2.75) is 6.92 Å². The number of hydrogen-bond acceptors (Lipinski definition) is 1. The molecule has 18 heavy (non-hydrogen) atoms. The van der Waals surface area contributed by atoms with E-state index in [0.717, 1.165) is 0 Å². The van der Waals surface area contributed by atoms with Gasteiger partial charge in [-0.05, 0) is 19.1 Å². The van der Waals surface area contributed by atoms with Gasteiger partial charge in [-0.15, -0.1) is 0 Å². The average molecular weight is 309 g/mol. The zero-order chi connectivity index (χ0) is 13.9.